The molecule has 2 heterocycles. The smallest absolute Gasteiger partial charge is 0.240 e. The zero-order chi connectivity index (χ0) is 10.1. The summed E-state index contributed by atoms with van der Waals surface area (Å²) in [7, 11) is 1.93. The van der Waals surface area contributed by atoms with E-state index in [1.54, 1.807) is 10.9 Å². The van der Waals surface area contributed by atoms with E-state index in [0.29, 0.717) is 11.3 Å². The summed E-state index contributed by atoms with van der Waals surface area (Å²) >= 11 is 3.26. The third-order valence-corrected chi connectivity index (χ3v) is 2.44. The number of aryl methyl sites for hydroxylation is 1. The molecule has 7 heteroatoms. The van der Waals surface area contributed by atoms with Crippen molar-refractivity contribution in [2.45, 2.75) is 6.54 Å². The van der Waals surface area contributed by atoms with E-state index in [-0.39, 0.29) is 5.95 Å². The number of nitrogens with zero attached hydrogens (tertiary/aromatic N) is 5. The molecule has 6 nitrogen and oxygen atoms in total. The van der Waals surface area contributed by atoms with E-state index in [1.165, 1.54) is 0 Å². The second kappa shape index (κ2) is 3.41. The number of hydrogen-bond acceptors (Lipinski definition) is 4. The Balaban J connectivity index is 2.27. The number of imidazole rings is 1. The van der Waals surface area contributed by atoms with Crippen LogP contribution in [0.4, 0.5) is 5.95 Å². The third-order valence-electron chi connectivity index (χ3n) is 1.86. The SMILES string of the molecule is Cn1ccnc1Cn1nc(N)nc1Br. The zero-order valence-corrected chi connectivity index (χ0v) is 9.14. The van der Waals surface area contributed by atoms with Crippen LogP contribution >= 0.6 is 15.9 Å². The van der Waals surface area contributed by atoms with E-state index in [0.717, 1.165) is 5.82 Å². The molecule has 0 aliphatic carbocycles. The number of nitrogens with two attached hydrogens (primary N) is 1. The van der Waals surface area contributed by atoms with Crippen LogP contribution in [0.1, 0.15) is 5.82 Å². The molecule has 0 fully saturated rings. The molecule has 0 bridgehead atoms. The predicted octanol–water partition coefficient (Wildman–Crippen LogP) is 0.405. The van der Waals surface area contributed by atoms with Crippen LogP contribution in [0.5, 0.6) is 0 Å². The lowest BCUT2D eigenvalue weighted by Gasteiger charge is -2.01. The van der Waals surface area contributed by atoms with E-state index in [9.17, 15) is 0 Å². The van der Waals surface area contributed by atoms with Gasteiger partial charge in [0.2, 0.25) is 5.95 Å². The maximum Gasteiger partial charge on any atom is 0.240 e. The van der Waals surface area contributed by atoms with Gasteiger partial charge in [-0.15, -0.1) is 5.10 Å². The highest BCUT2D eigenvalue weighted by atomic mass is 79.9. The predicted molar refractivity (Wildman–Crippen MR) is 54.4 cm³/mol. The molecule has 74 valence electrons. The second-order valence-corrected chi connectivity index (χ2v) is 3.56. The van der Waals surface area contributed by atoms with E-state index in [2.05, 4.69) is 31.0 Å². The van der Waals surface area contributed by atoms with Crippen molar-refractivity contribution in [1.82, 2.24) is 24.3 Å². The standard InChI is InChI=1S/C7H9BrN6/c1-13-3-2-10-5(13)4-14-6(8)11-7(9)12-14/h2-3H,4H2,1H3,(H2,9,12). The van der Waals surface area contributed by atoms with Gasteiger partial charge in [0.15, 0.2) is 4.73 Å². The largest absolute Gasteiger partial charge is 0.366 e. The lowest BCUT2D eigenvalue weighted by atomic mass is 10.6. The molecule has 0 aliphatic heterocycles. The summed E-state index contributed by atoms with van der Waals surface area (Å²) in [5.74, 6) is 1.15. The minimum atomic E-state index is 0.256. The highest BCUT2D eigenvalue weighted by Crippen LogP contribution is 2.09. The first-order chi connectivity index (χ1) is 6.66. The molecule has 14 heavy (non-hydrogen) atoms. The number of hydrogen-bond donors (Lipinski definition) is 1. The Morgan fingerprint density at radius 3 is 2.86 bits per heavy atom. The number of aromatic nitrogens is 5. The summed E-state index contributed by atoms with van der Waals surface area (Å²) in [5, 5.41) is 4.01. The van der Waals surface area contributed by atoms with Crippen LogP contribution in [0, 0.1) is 0 Å². The quantitative estimate of drug-likeness (QED) is 0.845. The van der Waals surface area contributed by atoms with Gasteiger partial charge in [0, 0.05) is 19.4 Å². The van der Waals surface area contributed by atoms with Gasteiger partial charge >= 0.3 is 0 Å². The molecule has 0 unspecified atom stereocenters. The van der Waals surface area contributed by atoms with Crippen molar-refractivity contribution >= 4 is 21.9 Å². The van der Waals surface area contributed by atoms with Crippen molar-refractivity contribution < 1.29 is 0 Å². The van der Waals surface area contributed by atoms with Crippen LogP contribution in [0.25, 0.3) is 0 Å². The van der Waals surface area contributed by atoms with Gasteiger partial charge in [-0.1, -0.05) is 0 Å². The molecule has 0 radical (unpaired) electrons. The Kier molecular flexibility index (Phi) is 2.24. The maximum absolute atomic E-state index is 5.45. The van der Waals surface area contributed by atoms with Crippen LogP contribution in [0.3, 0.4) is 0 Å². The molecule has 2 aromatic rings. The summed E-state index contributed by atoms with van der Waals surface area (Å²) in [6.07, 6.45) is 3.62. The zero-order valence-electron chi connectivity index (χ0n) is 7.55. The van der Waals surface area contributed by atoms with Crippen LogP contribution in [0.2, 0.25) is 0 Å². The first-order valence-electron chi connectivity index (χ1n) is 3.99. The molecule has 0 amide bonds. The Morgan fingerprint density at radius 1 is 1.57 bits per heavy atom. The maximum atomic E-state index is 5.45. The van der Waals surface area contributed by atoms with Gasteiger partial charge in [0.25, 0.3) is 0 Å². The lowest BCUT2D eigenvalue weighted by molar-refractivity contribution is 0.619. The molecule has 2 N–H and O–H groups in total. The fourth-order valence-corrected chi connectivity index (χ4v) is 1.51. The molecule has 0 aromatic carbocycles. The molecular weight excluding hydrogens is 248 g/mol. The average Bonchev–Trinajstić information content (AvgIpc) is 2.62. The Morgan fingerprint density at radius 2 is 2.36 bits per heavy atom. The molecule has 2 aromatic heterocycles. The molecule has 0 saturated carbocycles. The highest BCUT2D eigenvalue weighted by molar-refractivity contribution is 9.10. The van der Waals surface area contributed by atoms with Gasteiger partial charge < -0.3 is 10.3 Å². The summed E-state index contributed by atoms with van der Waals surface area (Å²) in [6.45, 7) is 0.550. The van der Waals surface area contributed by atoms with Crippen molar-refractivity contribution in [1.29, 1.82) is 0 Å². The van der Waals surface area contributed by atoms with E-state index in [4.69, 9.17) is 5.73 Å². The fraction of sp³-hybridized carbons (Fsp3) is 0.286. The minimum absolute atomic E-state index is 0.256. The first kappa shape index (κ1) is 9.20. The summed E-state index contributed by atoms with van der Waals surface area (Å²) in [5.41, 5.74) is 5.45. The van der Waals surface area contributed by atoms with Crippen molar-refractivity contribution in [2.24, 2.45) is 7.05 Å². The summed E-state index contributed by atoms with van der Waals surface area (Å²) in [4.78, 5) is 8.10. The highest BCUT2D eigenvalue weighted by Gasteiger charge is 2.07. The Labute approximate surface area is 88.9 Å². The van der Waals surface area contributed by atoms with E-state index < -0.39 is 0 Å². The number of anilines is 1. The molecule has 0 atom stereocenters. The van der Waals surface area contributed by atoms with E-state index >= 15 is 0 Å². The minimum Gasteiger partial charge on any atom is -0.366 e. The third kappa shape index (κ3) is 1.63. The average molecular weight is 257 g/mol. The topological polar surface area (TPSA) is 74.5 Å². The number of nitrogen functional groups attached to an aromatic ring is 1. The Bertz CT molecular complexity index is 445. The fourth-order valence-electron chi connectivity index (χ4n) is 1.12. The number of halogens is 1. The van der Waals surface area contributed by atoms with Crippen molar-refractivity contribution in [2.75, 3.05) is 5.73 Å². The van der Waals surface area contributed by atoms with E-state index in [1.807, 2.05) is 17.8 Å². The van der Waals surface area contributed by atoms with Crippen molar-refractivity contribution in [3.05, 3.63) is 23.0 Å². The number of rotatable bonds is 2. The van der Waals surface area contributed by atoms with Gasteiger partial charge in [-0.25, -0.2) is 9.67 Å². The van der Waals surface area contributed by atoms with Crippen molar-refractivity contribution in [3.8, 4) is 0 Å². The molecule has 0 spiro atoms. The van der Waals surface area contributed by atoms with Gasteiger partial charge in [-0.3, -0.25) is 0 Å². The van der Waals surface area contributed by atoms with Crippen LogP contribution < -0.4 is 5.73 Å². The second-order valence-electron chi connectivity index (χ2n) is 2.85. The van der Waals surface area contributed by atoms with Gasteiger partial charge in [0.1, 0.15) is 12.4 Å². The van der Waals surface area contributed by atoms with Crippen molar-refractivity contribution in [3.63, 3.8) is 0 Å². The van der Waals surface area contributed by atoms with Gasteiger partial charge in [-0.05, 0) is 15.9 Å². The molecular formula is C7H9BrN6. The van der Waals surface area contributed by atoms with Crippen LogP contribution in [-0.4, -0.2) is 24.3 Å². The normalized spacial score (nSPS) is 10.7. The van der Waals surface area contributed by atoms with Crippen LogP contribution in [0.15, 0.2) is 17.1 Å². The lowest BCUT2D eigenvalue weighted by Crippen LogP contribution is -2.07. The Hall–Kier alpha value is -1.37. The van der Waals surface area contributed by atoms with Gasteiger partial charge in [-0.2, -0.15) is 4.98 Å². The molecule has 0 saturated heterocycles. The van der Waals surface area contributed by atoms with Crippen LogP contribution in [-0.2, 0) is 13.6 Å². The summed E-state index contributed by atoms with van der Waals surface area (Å²) < 4.78 is 4.18. The monoisotopic (exact) mass is 256 g/mol. The molecule has 0 aliphatic rings. The van der Waals surface area contributed by atoms with Gasteiger partial charge in [0.05, 0.1) is 0 Å². The molecule has 2 rings (SSSR count). The first-order valence-corrected chi connectivity index (χ1v) is 4.78. The summed E-state index contributed by atoms with van der Waals surface area (Å²) in [6, 6.07) is 0.